The van der Waals surface area contributed by atoms with Crippen molar-refractivity contribution in [1.29, 1.82) is 0 Å². The van der Waals surface area contributed by atoms with E-state index < -0.39 is 9.75 Å². The second-order valence-electron chi connectivity index (χ2n) is 5.69. The maximum Gasteiger partial charge on any atom is 0.229 e. The van der Waals surface area contributed by atoms with Crippen LogP contribution in [-0.2, 0) is 4.79 Å². The summed E-state index contributed by atoms with van der Waals surface area (Å²) in [5.74, 6) is -0.505. The SMILES string of the molecule is CC1(C(=O)NC(c2ccc(F)cc2)c2cccs2)CC1(Cl)Cl. The first-order chi connectivity index (χ1) is 10.3. The van der Waals surface area contributed by atoms with E-state index in [2.05, 4.69) is 5.32 Å². The van der Waals surface area contributed by atoms with Crippen molar-refractivity contribution in [2.75, 3.05) is 0 Å². The molecule has 1 amide bonds. The van der Waals surface area contributed by atoms with E-state index in [0.29, 0.717) is 6.42 Å². The molecule has 2 nitrogen and oxygen atoms in total. The lowest BCUT2D eigenvalue weighted by Gasteiger charge is -2.21. The predicted octanol–water partition coefficient (Wildman–Crippen LogP) is 4.68. The summed E-state index contributed by atoms with van der Waals surface area (Å²) in [4.78, 5) is 13.5. The fraction of sp³-hybridized carbons (Fsp3) is 0.312. The monoisotopic (exact) mass is 357 g/mol. The van der Waals surface area contributed by atoms with Gasteiger partial charge in [-0.25, -0.2) is 4.39 Å². The van der Waals surface area contributed by atoms with Crippen molar-refractivity contribution in [2.45, 2.75) is 23.7 Å². The minimum absolute atomic E-state index is 0.194. The van der Waals surface area contributed by atoms with Crippen molar-refractivity contribution in [2.24, 2.45) is 5.41 Å². The number of thiophene rings is 1. The summed E-state index contributed by atoms with van der Waals surface area (Å²) >= 11 is 13.7. The molecule has 0 aliphatic heterocycles. The van der Waals surface area contributed by atoms with E-state index in [1.54, 1.807) is 19.1 Å². The molecular formula is C16H14Cl2FNOS. The van der Waals surface area contributed by atoms with Crippen molar-refractivity contribution in [3.63, 3.8) is 0 Å². The van der Waals surface area contributed by atoms with Gasteiger partial charge in [0.25, 0.3) is 0 Å². The van der Waals surface area contributed by atoms with Gasteiger partial charge in [-0.2, -0.15) is 0 Å². The van der Waals surface area contributed by atoms with Gasteiger partial charge in [0.1, 0.15) is 10.2 Å². The van der Waals surface area contributed by atoms with Crippen molar-refractivity contribution in [3.8, 4) is 0 Å². The third-order valence-corrected chi connectivity index (χ3v) is 6.10. The van der Waals surface area contributed by atoms with Gasteiger partial charge < -0.3 is 5.32 Å². The maximum absolute atomic E-state index is 13.1. The van der Waals surface area contributed by atoms with E-state index in [1.807, 2.05) is 17.5 Å². The van der Waals surface area contributed by atoms with Crippen LogP contribution in [0, 0.1) is 11.2 Å². The maximum atomic E-state index is 13.1. The molecular weight excluding hydrogens is 344 g/mol. The molecule has 0 bridgehead atoms. The number of hydrogen-bond acceptors (Lipinski definition) is 2. The molecule has 1 aromatic heterocycles. The zero-order valence-corrected chi connectivity index (χ0v) is 14.1. The first-order valence-corrected chi connectivity index (χ1v) is 8.45. The van der Waals surface area contributed by atoms with Crippen LogP contribution in [0.2, 0.25) is 0 Å². The van der Waals surface area contributed by atoms with E-state index in [-0.39, 0.29) is 17.8 Å². The molecule has 0 saturated heterocycles. The molecule has 2 atom stereocenters. The summed E-state index contributed by atoms with van der Waals surface area (Å²) in [6, 6.07) is 9.61. The summed E-state index contributed by atoms with van der Waals surface area (Å²) in [5.41, 5.74) is 0.0299. The smallest absolute Gasteiger partial charge is 0.229 e. The molecule has 1 aliphatic carbocycles. The number of carbonyl (C=O) groups is 1. The zero-order chi connectivity index (χ0) is 16.0. The zero-order valence-electron chi connectivity index (χ0n) is 11.8. The van der Waals surface area contributed by atoms with Gasteiger partial charge in [-0.05, 0) is 42.5 Å². The van der Waals surface area contributed by atoms with Gasteiger partial charge in [-0.3, -0.25) is 4.79 Å². The van der Waals surface area contributed by atoms with Crippen LogP contribution in [0.25, 0.3) is 0 Å². The Labute approximate surface area is 142 Å². The lowest BCUT2D eigenvalue weighted by atomic mass is 10.0. The minimum Gasteiger partial charge on any atom is -0.344 e. The second-order valence-corrected chi connectivity index (χ2v) is 8.15. The molecule has 3 rings (SSSR count). The average Bonchev–Trinajstić information content (AvgIpc) is 2.85. The molecule has 1 aliphatic rings. The van der Waals surface area contributed by atoms with Gasteiger partial charge in [0.2, 0.25) is 5.91 Å². The Hall–Kier alpha value is -1.10. The number of amides is 1. The molecule has 1 heterocycles. The van der Waals surface area contributed by atoms with Gasteiger partial charge in [0.15, 0.2) is 0 Å². The number of alkyl halides is 2. The fourth-order valence-electron chi connectivity index (χ4n) is 2.37. The van der Waals surface area contributed by atoms with Crippen LogP contribution in [0.4, 0.5) is 4.39 Å². The van der Waals surface area contributed by atoms with Gasteiger partial charge >= 0.3 is 0 Å². The third-order valence-electron chi connectivity index (χ3n) is 4.07. The van der Waals surface area contributed by atoms with Crippen molar-refractivity contribution in [1.82, 2.24) is 5.32 Å². The quantitative estimate of drug-likeness (QED) is 0.791. The molecule has 1 saturated carbocycles. The van der Waals surface area contributed by atoms with E-state index in [1.165, 1.54) is 23.5 Å². The van der Waals surface area contributed by atoms with Crippen LogP contribution in [0.3, 0.4) is 0 Å². The Morgan fingerprint density at radius 2 is 1.95 bits per heavy atom. The molecule has 2 aromatic rings. The van der Waals surface area contributed by atoms with Crippen LogP contribution < -0.4 is 5.32 Å². The Balaban J connectivity index is 1.87. The van der Waals surface area contributed by atoms with Crippen LogP contribution in [-0.4, -0.2) is 10.2 Å². The van der Waals surface area contributed by atoms with Crippen molar-refractivity contribution in [3.05, 3.63) is 58.0 Å². The second kappa shape index (κ2) is 5.52. The van der Waals surface area contributed by atoms with Crippen molar-refractivity contribution >= 4 is 40.4 Å². The van der Waals surface area contributed by atoms with E-state index in [4.69, 9.17) is 23.2 Å². The number of benzene rings is 1. The molecule has 2 unspecified atom stereocenters. The van der Waals surface area contributed by atoms with Gasteiger partial charge in [-0.1, -0.05) is 18.2 Å². The van der Waals surface area contributed by atoms with Gasteiger partial charge in [0.05, 0.1) is 11.5 Å². The molecule has 1 N–H and O–H groups in total. The standard InChI is InChI=1S/C16H14Cl2FNOS/c1-15(9-16(15,17)18)14(21)20-13(12-3-2-8-22-12)10-4-6-11(19)7-5-10/h2-8,13H,9H2,1H3,(H,20,21). The molecule has 116 valence electrons. The lowest BCUT2D eigenvalue weighted by molar-refractivity contribution is -0.126. The van der Waals surface area contributed by atoms with E-state index in [9.17, 15) is 9.18 Å². The Bertz CT molecular complexity index is 687. The summed E-state index contributed by atoms with van der Waals surface area (Å²) in [6.07, 6.45) is 0.426. The Kier molecular flexibility index (Phi) is 3.96. The highest BCUT2D eigenvalue weighted by atomic mass is 35.5. The average molecular weight is 358 g/mol. The Morgan fingerprint density at radius 1 is 1.32 bits per heavy atom. The highest BCUT2D eigenvalue weighted by Crippen LogP contribution is 2.64. The van der Waals surface area contributed by atoms with Gasteiger partial charge in [0, 0.05) is 4.88 Å². The number of nitrogens with one attached hydrogen (secondary N) is 1. The summed E-state index contributed by atoms with van der Waals surface area (Å²) in [5, 5.41) is 4.93. The van der Waals surface area contributed by atoms with Crippen LogP contribution in [0.1, 0.15) is 29.8 Å². The molecule has 22 heavy (non-hydrogen) atoms. The third kappa shape index (κ3) is 2.75. The highest BCUT2D eigenvalue weighted by molar-refractivity contribution is 7.10. The minimum atomic E-state index is -1.01. The largest absolute Gasteiger partial charge is 0.344 e. The van der Waals surface area contributed by atoms with Crippen LogP contribution in [0.15, 0.2) is 41.8 Å². The summed E-state index contributed by atoms with van der Waals surface area (Å²) < 4.78 is 12.1. The predicted molar refractivity (Wildman–Crippen MR) is 87.9 cm³/mol. The fourth-order valence-corrected chi connectivity index (χ4v) is 3.87. The number of hydrogen-bond donors (Lipinski definition) is 1. The van der Waals surface area contributed by atoms with Gasteiger partial charge in [-0.15, -0.1) is 34.5 Å². The van der Waals surface area contributed by atoms with E-state index in [0.717, 1.165) is 10.4 Å². The molecule has 1 aromatic carbocycles. The molecule has 1 fully saturated rings. The normalized spacial score (nSPS) is 23.8. The lowest BCUT2D eigenvalue weighted by Crippen LogP contribution is -2.36. The number of halogens is 3. The van der Waals surface area contributed by atoms with Crippen LogP contribution >= 0.6 is 34.5 Å². The van der Waals surface area contributed by atoms with E-state index >= 15 is 0 Å². The highest BCUT2D eigenvalue weighted by Gasteiger charge is 2.68. The van der Waals surface area contributed by atoms with Crippen LogP contribution in [0.5, 0.6) is 0 Å². The first-order valence-electron chi connectivity index (χ1n) is 6.81. The summed E-state index contributed by atoms with van der Waals surface area (Å²) in [6.45, 7) is 1.75. The van der Waals surface area contributed by atoms with Crippen molar-refractivity contribution < 1.29 is 9.18 Å². The molecule has 0 spiro atoms. The Morgan fingerprint density at radius 3 is 2.45 bits per heavy atom. The molecule has 0 radical (unpaired) electrons. The summed E-state index contributed by atoms with van der Waals surface area (Å²) in [7, 11) is 0. The first kappa shape index (κ1) is 15.8. The molecule has 6 heteroatoms. The topological polar surface area (TPSA) is 29.1 Å². The number of rotatable bonds is 4. The number of carbonyl (C=O) groups excluding carboxylic acids is 1.